The molecular weight excluding hydrogens is 366 g/mol. The molecular formula is C19H25N3O4S. The van der Waals surface area contributed by atoms with E-state index >= 15 is 0 Å². The Hall–Kier alpha value is -2.19. The third-order valence-electron chi connectivity index (χ3n) is 4.67. The van der Waals surface area contributed by atoms with Crippen LogP contribution in [0.4, 0.5) is 0 Å². The second-order valence-corrected chi connectivity index (χ2v) is 8.86. The Kier molecular flexibility index (Phi) is 6.28. The molecule has 1 aliphatic heterocycles. The van der Waals surface area contributed by atoms with Gasteiger partial charge in [0, 0.05) is 25.7 Å². The third kappa shape index (κ3) is 5.90. The lowest BCUT2D eigenvalue weighted by Gasteiger charge is -2.32. The van der Waals surface area contributed by atoms with Crippen molar-refractivity contribution in [3.05, 3.63) is 53.4 Å². The van der Waals surface area contributed by atoms with Crippen LogP contribution in [0.15, 0.2) is 40.9 Å². The van der Waals surface area contributed by atoms with Crippen molar-refractivity contribution in [1.82, 2.24) is 14.8 Å². The summed E-state index contributed by atoms with van der Waals surface area (Å²) in [5.74, 6) is 0.629. The van der Waals surface area contributed by atoms with Gasteiger partial charge in [-0.3, -0.25) is 4.79 Å². The molecule has 1 aromatic heterocycles. The minimum Gasteiger partial charge on any atom is -0.361 e. The molecule has 8 heteroatoms. The van der Waals surface area contributed by atoms with E-state index in [2.05, 4.69) is 9.88 Å². The lowest BCUT2D eigenvalue weighted by atomic mass is 9.98. The number of amides is 1. The Morgan fingerprint density at radius 3 is 2.81 bits per heavy atom. The highest BCUT2D eigenvalue weighted by molar-refractivity contribution is 7.88. The number of hydrogen-bond acceptors (Lipinski definition) is 5. The predicted octanol–water partition coefficient (Wildman–Crippen LogP) is 1.88. The van der Waals surface area contributed by atoms with Gasteiger partial charge in [-0.25, -0.2) is 13.1 Å². The van der Waals surface area contributed by atoms with E-state index in [1.807, 2.05) is 25.1 Å². The zero-order valence-corrected chi connectivity index (χ0v) is 16.2. The fourth-order valence-corrected chi connectivity index (χ4v) is 4.53. The SMILES string of the molecule is Cc1cc(CC(=O)N2CCC[C@H](CNS(=O)(=O)Cc3ccccc3)C2)on1. The fourth-order valence-electron chi connectivity index (χ4n) is 3.31. The van der Waals surface area contributed by atoms with Gasteiger partial charge in [0.05, 0.1) is 17.9 Å². The van der Waals surface area contributed by atoms with E-state index in [1.165, 1.54) is 0 Å². The normalized spacial score (nSPS) is 17.8. The minimum absolute atomic E-state index is 0.0111. The van der Waals surface area contributed by atoms with Crippen LogP contribution in [-0.2, 0) is 27.0 Å². The van der Waals surface area contributed by atoms with Crippen molar-refractivity contribution in [2.45, 2.75) is 31.9 Å². The van der Waals surface area contributed by atoms with Crippen molar-refractivity contribution in [3.8, 4) is 0 Å². The molecule has 0 aliphatic carbocycles. The molecule has 7 nitrogen and oxygen atoms in total. The van der Waals surface area contributed by atoms with E-state index in [0.29, 0.717) is 25.4 Å². The second-order valence-electron chi connectivity index (χ2n) is 7.05. The maximum atomic E-state index is 12.5. The number of hydrogen-bond donors (Lipinski definition) is 1. The summed E-state index contributed by atoms with van der Waals surface area (Å²) in [7, 11) is -3.39. The molecule has 2 heterocycles. The van der Waals surface area contributed by atoms with Crippen LogP contribution < -0.4 is 4.72 Å². The molecule has 0 bridgehead atoms. The molecule has 1 aromatic carbocycles. The van der Waals surface area contributed by atoms with Crippen molar-refractivity contribution < 1.29 is 17.7 Å². The third-order valence-corrected chi connectivity index (χ3v) is 5.99. The van der Waals surface area contributed by atoms with Gasteiger partial charge < -0.3 is 9.42 Å². The standard InChI is InChI=1S/C19H25N3O4S/c1-15-10-18(26-21-15)11-19(23)22-9-5-8-17(13-22)12-20-27(24,25)14-16-6-3-2-4-7-16/h2-4,6-7,10,17,20H,5,8-9,11-14H2,1H3/t17-/m1/s1. The van der Waals surface area contributed by atoms with Crippen molar-refractivity contribution in [2.75, 3.05) is 19.6 Å². The fraction of sp³-hybridized carbons (Fsp3) is 0.474. The van der Waals surface area contributed by atoms with Gasteiger partial charge in [-0.2, -0.15) is 0 Å². The average Bonchev–Trinajstić information content (AvgIpc) is 3.05. The zero-order valence-electron chi connectivity index (χ0n) is 15.4. The number of piperidine rings is 1. The molecule has 0 radical (unpaired) electrons. The number of aryl methyl sites for hydroxylation is 1. The number of sulfonamides is 1. The van der Waals surface area contributed by atoms with Gasteiger partial charge in [-0.1, -0.05) is 35.5 Å². The summed E-state index contributed by atoms with van der Waals surface area (Å²) in [4.78, 5) is 14.3. The molecule has 146 valence electrons. The summed E-state index contributed by atoms with van der Waals surface area (Å²) in [5.41, 5.74) is 1.51. The van der Waals surface area contributed by atoms with Crippen LogP contribution in [0.1, 0.15) is 29.9 Å². The van der Waals surface area contributed by atoms with Gasteiger partial charge in [0.25, 0.3) is 0 Å². The smallest absolute Gasteiger partial charge is 0.230 e. The number of likely N-dealkylation sites (tertiary alicyclic amines) is 1. The Balaban J connectivity index is 1.49. The predicted molar refractivity (Wildman–Crippen MR) is 101 cm³/mol. The molecule has 1 saturated heterocycles. The van der Waals surface area contributed by atoms with Crippen molar-refractivity contribution in [3.63, 3.8) is 0 Å². The van der Waals surface area contributed by atoms with Crippen LogP contribution >= 0.6 is 0 Å². The number of aromatic nitrogens is 1. The molecule has 27 heavy (non-hydrogen) atoms. The second kappa shape index (κ2) is 8.67. The minimum atomic E-state index is -3.39. The number of carbonyl (C=O) groups excluding carboxylic acids is 1. The highest BCUT2D eigenvalue weighted by atomic mass is 32.2. The first kappa shape index (κ1) is 19.6. The summed E-state index contributed by atoms with van der Waals surface area (Å²) in [5, 5.41) is 3.80. The molecule has 2 aromatic rings. The van der Waals surface area contributed by atoms with Crippen molar-refractivity contribution in [2.24, 2.45) is 5.92 Å². The quantitative estimate of drug-likeness (QED) is 0.778. The maximum Gasteiger partial charge on any atom is 0.230 e. The molecule has 1 fully saturated rings. The zero-order chi connectivity index (χ0) is 19.3. The van der Waals surface area contributed by atoms with Crippen LogP contribution in [0.3, 0.4) is 0 Å². The van der Waals surface area contributed by atoms with Crippen molar-refractivity contribution >= 4 is 15.9 Å². The molecule has 0 unspecified atom stereocenters. The first-order valence-corrected chi connectivity index (χ1v) is 10.8. The Labute approximate surface area is 159 Å². The molecule has 1 atom stereocenters. The summed E-state index contributed by atoms with van der Waals surface area (Å²) in [6.07, 6.45) is 1.96. The van der Waals surface area contributed by atoms with Crippen LogP contribution in [0, 0.1) is 12.8 Å². The van der Waals surface area contributed by atoms with E-state index < -0.39 is 10.0 Å². The Morgan fingerprint density at radius 2 is 2.11 bits per heavy atom. The van der Waals surface area contributed by atoms with Crippen molar-refractivity contribution in [1.29, 1.82) is 0 Å². The molecule has 0 spiro atoms. The van der Waals surface area contributed by atoms with E-state index in [1.54, 1.807) is 23.1 Å². The number of nitrogens with one attached hydrogen (secondary N) is 1. The largest absolute Gasteiger partial charge is 0.361 e. The number of benzene rings is 1. The molecule has 1 amide bonds. The summed E-state index contributed by atoms with van der Waals surface area (Å²) >= 11 is 0. The van der Waals surface area contributed by atoms with Gasteiger partial charge in [0.1, 0.15) is 5.76 Å². The van der Waals surface area contributed by atoms with Crippen LogP contribution in [-0.4, -0.2) is 44.0 Å². The monoisotopic (exact) mass is 391 g/mol. The lowest BCUT2D eigenvalue weighted by Crippen LogP contribution is -2.44. The van der Waals surface area contributed by atoms with Gasteiger partial charge in [0.15, 0.2) is 0 Å². The number of nitrogens with zero attached hydrogens (tertiary/aromatic N) is 2. The van der Waals surface area contributed by atoms with Crippen LogP contribution in [0.25, 0.3) is 0 Å². The van der Waals surface area contributed by atoms with Gasteiger partial charge in [-0.05, 0) is 31.2 Å². The first-order chi connectivity index (χ1) is 12.9. The molecule has 3 rings (SSSR count). The van der Waals surface area contributed by atoms with Gasteiger partial charge in [0.2, 0.25) is 15.9 Å². The van der Waals surface area contributed by atoms with E-state index in [4.69, 9.17) is 4.52 Å². The summed E-state index contributed by atoms with van der Waals surface area (Å²) < 4.78 is 32.4. The highest BCUT2D eigenvalue weighted by Gasteiger charge is 2.25. The van der Waals surface area contributed by atoms with Gasteiger partial charge >= 0.3 is 0 Å². The van der Waals surface area contributed by atoms with E-state index in [-0.39, 0.29) is 24.0 Å². The molecule has 1 N–H and O–H groups in total. The Bertz CT molecular complexity index is 864. The van der Waals surface area contributed by atoms with Gasteiger partial charge in [-0.15, -0.1) is 0 Å². The maximum absolute atomic E-state index is 12.5. The molecule has 1 aliphatic rings. The lowest BCUT2D eigenvalue weighted by molar-refractivity contribution is -0.132. The summed E-state index contributed by atoms with van der Waals surface area (Å²) in [6.45, 7) is 3.41. The van der Waals surface area contributed by atoms with E-state index in [0.717, 1.165) is 24.1 Å². The first-order valence-electron chi connectivity index (χ1n) is 9.12. The average molecular weight is 391 g/mol. The van der Waals surface area contributed by atoms with Crippen LogP contribution in [0.2, 0.25) is 0 Å². The number of rotatable bonds is 7. The number of carbonyl (C=O) groups is 1. The summed E-state index contributed by atoms with van der Waals surface area (Å²) in [6, 6.07) is 10.9. The highest BCUT2D eigenvalue weighted by Crippen LogP contribution is 2.18. The molecule has 0 saturated carbocycles. The topological polar surface area (TPSA) is 92.5 Å². The van der Waals surface area contributed by atoms with E-state index in [9.17, 15) is 13.2 Å². The van der Waals surface area contributed by atoms with Crippen LogP contribution in [0.5, 0.6) is 0 Å². The Morgan fingerprint density at radius 1 is 1.33 bits per heavy atom.